The molecular formula is C42H54N8O6S. The molecule has 0 unspecified atom stereocenters. The predicted octanol–water partition coefficient (Wildman–Crippen LogP) is 3.02. The minimum absolute atomic E-state index is 0.0638. The molecule has 2 atom stereocenters. The van der Waals surface area contributed by atoms with Gasteiger partial charge in [-0.15, -0.1) is 0 Å². The lowest BCUT2D eigenvalue weighted by atomic mass is 9.87. The maximum atomic E-state index is 14.4. The highest BCUT2D eigenvalue weighted by molar-refractivity contribution is 7.89. The number of amidine groups is 1. The number of piperazine rings is 1. The fourth-order valence-electron chi connectivity index (χ4n) is 7.79. The highest BCUT2D eigenvalue weighted by Gasteiger charge is 2.32. The van der Waals surface area contributed by atoms with E-state index in [1.807, 2.05) is 17.0 Å². The van der Waals surface area contributed by atoms with Gasteiger partial charge >= 0.3 is 0 Å². The highest BCUT2D eigenvalue weighted by atomic mass is 32.2. The third-order valence-corrected chi connectivity index (χ3v) is 12.5. The number of hydrogen-bond donors (Lipinski definition) is 6. The summed E-state index contributed by atoms with van der Waals surface area (Å²) >= 11 is 0. The SMILES string of the molecule is N=C(N)c1ccc(CNC(=O)[C@H]2CC(=O)[C@H](CS(=O)(=O)NC3CCCCC3)Cc3ccc(cc3)NC(=O)CN3CCN(CC3)CC(=O)Nc3ccc(cc3)C2)cc1. The summed E-state index contributed by atoms with van der Waals surface area (Å²) < 4.78 is 30.1. The third-order valence-electron chi connectivity index (χ3n) is 11.0. The minimum Gasteiger partial charge on any atom is -0.384 e. The Morgan fingerprint density at radius 3 is 1.79 bits per heavy atom. The van der Waals surface area contributed by atoms with Gasteiger partial charge < -0.3 is 21.7 Å². The number of fused-ring (bicyclic) bond motifs is 1. The second-order valence-electron chi connectivity index (χ2n) is 15.6. The van der Waals surface area contributed by atoms with E-state index < -0.39 is 27.6 Å². The largest absolute Gasteiger partial charge is 0.384 e. The molecule has 0 radical (unpaired) electrons. The van der Waals surface area contributed by atoms with E-state index in [4.69, 9.17) is 11.1 Å². The van der Waals surface area contributed by atoms with Gasteiger partial charge in [0.2, 0.25) is 27.7 Å². The van der Waals surface area contributed by atoms with E-state index in [1.165, 1.54) is 0 Å². The first-order valence-corrected chi connectivity index (χ1v) is 21.5. The average molecular weight is 799 g/mol. The van der Waals surface area contributed by atoms with Crippen molar-refractivity contribution in [1.29, 1.82) is 5.41 Å². The first-order chi connectivity index (χ1) is 27.4. The summed E-state index contributed by atoms with van der Waals surface area (Å²) in [6.45, 7) is 3.17. The molecule has 6 aliphatic heterocycles. The van der Waals surface area contributed by atoms with E-state index in [-0.39, 0.29) is 74.3 Å². The molecule has 6 heterocycles. The van der Waals surface area contributed by atoms with Crippen molar-refractivity contribution in [2.75, 3.05) is 55.7 Å². The number of nitrogens with zero attached hydrogens (tertiary/aromatic N) is 2. The molecule has 1 saturated carbocycles. The van der Waals surface area contributed by atoms with Crippen molar-refractivity contribution < 1.29 is 27.6 Å². The average Bonchev–Trinajstić information content (AvgIpc) is 3.18. The third kappa shape index (κ3) is 12.8. The standard InChI is InChI=1S/C42H54N8O6S/c43-41(44)32-12-6-31(7-13-32)25-45-42(54)33-22-29-8-14-35(15-9-29)46-39(52)26-49-18-20-50(21-19-49)27-40(53)47-36-16-10-30(11-17-36)23-34(38(51)24-33)28-57(55,56)48-37-4-2-1-3-5-37/h6-17,33-34,37,48H,1-5,18-28H2,(H3,43,44)(H,45,54)(H,46,52)(H,47,53)/t33-,34+/m1/s1. The molecule has 14 nitrogen and oxygen atoms in total. The van der Waals surface area contributed by atoms with Gasteiger partial charge in [0.25, 0.3) is 0 Å². The summed E-state index contributed by atoms with van der Waals surface area (Å²) in [5, 5.41) is 16.5. The monoisotopic (exact) mass is 798 g/mol. The topological polar surface area (TPSA) is 207 Å². The van der Waals surface area contributed by atoms with Crippen molar-refractivity contribution in [3.05, 3.63) is 95.1 Å². The number of anilines is 2. The van der Waals surface area contributed by atoms with Crippen LogP contribution in [0.25, 0.3) is 0 Å². The molecular weight excluding hydrogens is 745 g/mol. The Balaban J connectivity index is 1.26. The van der Waals surface area contributed by atoms with Crippen LogP contribution >= 0.6 is 0 Å². The van der Waals surface area contributed by atoms with Crippen molar-refractivity contribution in [1.82, 2.24) is 19.8 Å². The molecule has 1 saturated heterocycles. The zero-order chi connectivity index (χ0) is 40.4. The van der Waals surface area contributed by atoms with E-state index >= 15 is 0 Å². The van der Waals surface area contributed by atoms with Crippen molar-refractivity contribution in [3.8, 4) is 0 Å². The number of hydrogen-bond acceptors (Lipinski definition) is 9. The summed E-state index contributed by atoms with van der Waals surface area (Å²) in [7, 11) is -3.86. The highest BCUT2D eigenvalue weighted by Crippen LogP contribution is 2.24. The van der Waals surface area contributed by atoms with Crippen LogP contribution in [0.15, 0.2) is 72.8 Å². The lowest BCUT2D eigenvalue weighted by Crippen LogP contribution is -2.50. The molecule has 3 aromatic rings. The predicted molar refractivity (Wildman–Crippen MR) is 220 cm³/mol. The maximum Gasteiger partial charge on any atom is 0.238 e. The van der Waals surface area contributed by atoms with Gasteiger partial charge in [0, 0.05) is 74.0 Å². The fraction of sp³-hybridized carbons (Fsp3) is 0.452. The second-order valence-corrected chi connectivity index (χ2v) is 17.4. The van der Waals surface area contributed by atoms with Gasteiger partial charge in [-0.2, -0.15) is 0 Å². The van der Waals surface area contributed by atoms with E-state index in [0.29, 0.717) is 43.1 Å². The van der Waals surface area contributed by atoms with Gasteiger partial charge in [-0.25, -0.2) is 13.1 Å². The summed E-state index contributed by atoms with van der Waals surface area (Å²) in [5.74, 6) is -3.28. The van der Waals surface area contributed by atoms with Gasteiger partial charge in [0.1, 0.15) is 11.6 Å². The molecule has 15 heteroatoms. The Kier molecular flexibility index (Phi) is 14.2. The maximum absolute atomic E-state index is 14.4. The van der Waals surface area contributed by atoms with Gasteiger partial charge in [-0.3, -0.25) is 34.4 Å². The first-order valence-electron chi connectivity index (χ1n) is 19.8. The number of carbonyl (C=O) groups is 4. The number of sulfonamides is 1. The van der Waals surface area contributed by atoms with E-state index in [0.717, 1.165) is 48.8 Å². The van der Waals surface area contributed by atoms with E-state index in [1.54, 1.807) is 60.7 Å². The van der Waals surface area contributed by atoms with Gasteiger partial charge in [-0.05, 0) is 66.6 Å². The summed E-state index contributed by atoms with van der Waals surface area (Å²) in [6.07, 6.45) is 4.60. The minimum atomic E-state index is -3.86. The fourth-order valence-corrected chi connectivity index (χ4v) is 9.46. The molecule has 3 amide bonds. The van der Waals surface area contributed by atoms with Crippen LogP contribution in [0.3, 0.4) is 0 Å². The van der Waals surface area contributed by atoms with Crippen LogP contribution in [0.5, 0.6) is 0 Å². The van der Waals surface area contributed by atoms with Crippen LogP contribution < -0.4 is 26.4 Å². The molecule has 7 aliphatic rings. The van der Waals surface area contributed by atoms with Crippen molar-refractivity contribution in [2.24, 2.45) is 17.6 Å². The second kappa shape index (κ2) is 19.5. The summed E-state index contributed by atoms with van der Waals surface area (Å²) in [5.41, 5.74) is 9.63. The number of nitrogen functional groups attached to an aromatic ring is 1. The Labute approximate surface area is 334 Å². The number of rotatable bonds is 8. The van der Waals surface area contributed by atoms with Gasteiger partial charge in [0.15, 0.2) is 0 Å². The number of benzene rings is 3. The van der Waals surface area contributed by atoms with Crippen LogP contribution in [0.1, 0.15) is 60.8 Å². The molecule has 10 rings (SSSR count). The normalized spacial score (nSPS) is 23.0. The Morgan fingerprint density at radius 2 is 1.26 bits per heavy atom. The molecule has 2 fully saturated rings. The zero-order valence-electron chi connectivity index (χ0n) is 32.3. The van der Waals surface area contributed by atoms with E-state index in [2.05, 4.69) is 25.6 Å². The van der Waals surface area contributed by atoms with Gasteiger partial charge in [-0.1, -0.05) is 67.8 Å². The quantitative estimate of drug-likeness (QED) is 0.146. The van der Waals surface area contributed by atoms with Crippen LogP contribution in [0.2, 0.25) is 0 Å². The number of ketones is 1. The smallest absolute Gasteiger partial charge is 0.238 e. The van der Waals surface area contributed by atoms with Crippen molar-refractivity contribution in [2.45, 2.75) is 64.0 Å². The van der Waals surface area contributed by atoms with E-state index in [9.17, 15) is 27.6 Å². The molecule has 7 N–H and O–H groups in total. The summed E-state index contributed by atoms with van der Waals surface area (Å²) in [4.78, 5) is 58.3. The number of nitrogens with two attached hydrogens (primary N) is 1. The molecule has 0 spiro atoms. The Hall–Kier alpha value is -4.96. The lowest BCUT2D eigenvalue weighted by Gasteiger charge is -2.33. The van der Waals surface area contributed by atoms with Crippen LogP contribution in [-0.2, 0) is 48.6 Å². The molecule has 57 heavy (non-hydrogen) atoms. The lowest BCUT2D eigenvalue weighted by molar-refractivity contribution is -0.130. The number of nitrogens with one attached hydrogen (secondary N) is 5. The van der Waals surface area contributed by atoms with Crippen molar-refractivity contribution in [3.63, 3.8) is 0 Å². The molecule has 304 valence electrons. The molecule has 0 aromatic heterocycles. The van der Waals surface area contributed by atoms with Gasteiger partial charge in [0.05, 0.1) is 18.8 Å². The van der Waals surface area contributed by atoms with Crippen LogP contribution in [0, 0.1) is 17.2 Å². The van der Waals surface area contributed by atoms with Crippen molar-refractivity contribution >= 4 is 50.7 Å². The summed E-state index contributed by atoms with van der Waals surface area (Å²) in [6, 6.07) is 21.0. The zero-order valence-corrected chi connectivity index (χ0v) is 33.1. The number of amides is 3. The Bertz CT molecular complexity index is 1990. The molecule has 1 aliphatic carbocycles. The van der Waals surface area contributed by atoms with Crippen LogP contribution in [0.4, 0.5) is 11.4 Å². The molecule has 3 aromatic carbocycles. The molecule has 6 bridgehead atoms. The van der Waals surface area contributed by atoms with Crippen LogP contribution in [-0.4, -0.2) is 98.6 Å². The number of Topliss-reactive ketones (excluding diaryl/α,β-unsaturated/α-hetero) is 1. The first kappa shape index (κ1) is 41.7. The Morgan fingerprint density at radius 1 is 0.737 bits per heavy atom. The number of carbonyl (C=O) groups excluding carboxylic acids is 4.